The normalized spacial score (nSPS) is 10.1. The van der Waals surface area contributed by atoms with E-state index in [9.17, 15) is 9.59 Å². The van der Waals surface area contributed by atoms with Crippen molar-refractivity contribution >= 4 is 11.9 Å². The molecule has 1 aromatic carbocycles. The molecule has 1 aromatic rings. The highest BCUT2D eigenvalue weighted by atomic mass is 16.5. The van der Waals surface area contributed by atoms with Gasteiger partial charge in [0, 0.05) is 11.0 Å². The van der Waals surface area contributed by atoms with Crippen LogP contribution in [0.4, 0.5) is 0 Å². The van der Waals surface area contributed by atoms with E-state index in [1.807, 2.05) is 19.9 Å². The average molecular weight is 294 g/mol. The number of carbonyl (C=O) groups excluding carboxylic acids is 1. The Labute approximate surface area is 124 Å². The fourth-order valence-corrected chi connectivity index (χ4v) is 0.964. The molecule has 0 spiro atoms. The summed E-state index contributed by atoms with van der Waals surface area (Å²) in [6.07, 6.45) is 0. The highest BCUT2D eigenvalue weighted by Crippen LogP contribution is 2.14. The zero-order valence-corrected chi connectivity index (χ0v) is 12.6. The molecule has 0 unspecified atom stereocenters. The van der Waals surface area contributed by atoms with Gasteiger partial charge in [-0.15, -0.1) is 0 Å². The number of aliphatic hydroxyl groups is 1. The number of hydrogen-bond acceptors (Lipinski definition) is 4. The molecule has 116 valence electrons. The number of carboxylic acid groups (broad SMARTS) is 1. The Hall–Kier alpha value is -2.14. The lowest BCUT2D eigenvalue weighted by atomic mass is 9.96. The number of carbonyl (C=O) groups is 2. The van der Waals surface area contributed by atoms with Gasteiger partial charge in [0.1, 0.15) is 0 Å². The van der Waals surface area contributed by atoms with Gasteiger partial charge in [-0.3, -0.25) is 0 Å². The zero-order chi connectivity index (χ0) is 16.5. The predicted octanol–water partition coefficient (Wildman–Crippen LogP) is 2.51. The maximum Gasteiger partial charge on any atom is 0.338 e. The van der Waals surface area contributed by atoms with Gasteiger partial charge in [-0.05, 0) is 19.1 Å². The molecule has 0 bridgehead atoms. The summed E-state index contributed by atoms with van der Waals surface area (Å²) in [6, 6.07) is 8.82. The molecule has 0 aromatic heterocycles. The van der Waals surface area contributed by atoms with Crippen LogP contribution in [-0.4, -0.2) is 35.4 Å². The lowest BCUT2D eigenvalue weighted by molar-refractivity contribution is -0.132. The third kappa shape index (κ3) is 8.60. The number of aliphatic carboxylic acids is 1. The van der Waals surface area contributed by atoms with E-state index in [2.05, 4.69) is 6.58 Å². The van der Waals surface area contributed by atoms with Gasteiger partial charge < -0.3 is 14.9 Å². The minimum absolute atomic E-state index is 0.00489. The number of carboxylic acids is 1. The quantitative estimate of drug-likeness (QED) is 0.644. The molecule has 0 saturated heterocycles. The van der Waals surface area contributed by atoms with Crippen molar-refractivity contribution in [1.82, 2.24) is 0 Å². The standard InChI is InChI=1S/C12H16O3.C4H6O2/c1-12(2,8-13)9-15-11(14)10-6-4-3-5-7-10;1-3(2)4(5)6/h3-7,13H,8-9H2,1-2H3;1H2,2H3,(H,5,6). The smallest absolute Gasteiger partial charge is 0.338 e. The van der Waals surface area contributed by atoms with Crippen molar-refractivity contribution in [2.45, 2.75) is 20.8 Å². The number of ether oxygens (including phenoxy) is 1. The number of benzene rings is 1. The second kappa shape index (κ2) is 8.92. The molecule has 0 amide bonds. The zero-order valence-electron chi connectivity index (χ0n) is 12.6. The molecule has 0 radical (unpaired) electrons. The molecule has 5 nitrogen and oxygen atoms in total. The first kappa shape index (κ1) is 18.9. The largest absolute Gasteiger partial charge is 0.478 e. The van der Waals surface area contributed by atoms with Crippen LogP contribution in [0.3, 0.4) is 0 Å². The first-order chi connectivity index (χ1) is 9.69. The van der Waals surface area contributed by atoms with E-state index in [1.165, 1.54) is 6.92 Å². The predicted molar refractivity (Wildman–Crippen MR) is 80.0 cm³/mol. The number of rotatable bonds is 5. The van der Waals surface area contributed by atoms with Gasteiger partial charge in [0.15, 0.2) is 0 Å². The van der Waals surface area contributed by atoms with Crippen LogP contribution in [0, 0.1) is 5.41 Å². The van der Waals surface area contributed by atoms with Crippen LogP contribution >= 0.6 is 0 Å². The first-order valence-corrected chi connectivity index (χ1v) is 6.41. The van der Waals surface area contributed by atoms with E-state index in [-0.39, 0.29) is 30.2 Å². The molecule has 0 saturated carbocycles. The third-order valence-electron chi connectivity index (χ3n) is 2.40. The molecule has 21 heavy (non-hydrogen) atoms. The van der Waals surface area contributed by atoms with Crippen LogP contribution < -0.4 is 0 Å². The molecular weight excluding hydrogens is 272 g/mol. The summed E-state index contributed by atoms with van der Waals surface area (Å²) in [5, 5.41) is 16.9. The molecule has 0 aliphatic rings. The molecule has 2 N–H and O–H groups in total. The van der Waals surface area contributed by atoms with Crippen molar-refractivity contribution in [3.63, 3.8) is 0 Å². The lowest BCUT2D eigenvalue weighted by Gasteiger charge is -2.20. The van der Waals surface area contributed by atoms with E-state index in [1.54, 1.807) is 24.3 Å². The van der Waals surface area contributed by atoms with Crippen LogP contribution in [0.25, 0.3) is 0 Å². The summed E-state index contributed by atoms with van der Waals surface area (Å²) in [5.41, 5.74) is 0.325. The molecule has 1 rings (SSSR count). The van der Waals surface area contributed by atoms with Crippen LogP contribution in [0.15, 0.2) is 42.5 Å². The van der Waals surface area contributed by atoms with E-state index >= 15 is 0 Å². The van der Waals surface area contributed by atoms with Gasteiger partial charge in [0.25, 0.3) is 0 Å². The van der Waals surface area contributed by atoms with E-state index < -0.39 is 5.97 Å². The average Bonchev–Trinajstić information content (AvgIpc) is 2.46. The Morgan fingerprint density at radius 2 is 1.71 bits per heavy atom. The molecule has 0 atom stereocenters. The Kier molecular flexibility index (Phi) is 8.01. The fourth-order valence-electron chi connectivity index (χ4n) is 0.964. The lowest BCUT2D eigenvalue weighted by Crippen LogP contribution is -2.25. The van der Waals surface area contributed by atoms with Crippen LogP contribution in [0.2, 0.25) is 0 Å². The summed E-state index contributed by atoms with van der Waals surface area (Å²) in [7, 11) is 0. The molecule has 0 aliphatic heterocycles. The topological polar surface area (TPSA) is 83.8 Å². The van der Waals surface area contributed by atoms with Gasteiger partial charge in [-0.1, -0.05) is 38.6 Å². The summed E-state index contributed by atoms with van der Waals surface area (Å²) in [6.45, 7) is 8.49. The van der Waals surface area contributed by atoms with Crippen molar-refractivity contribution in [3.05, 3.63) is 48.0 Å². The maximum atomic E-state index is 11.5. The molecule has 0 fully saturated rings. The fraction of sp³-hybridized carbons (Fsp3) is 0.375. The summed E-state index contributed by atoms with van der Waals surface area (Å²) < 4.78 is 5.08. The second-order valence-electron chi connectivity index (χ2n) is 5.35. The van der Waals surface area contributed by atoms with E-state index in [4.69, 9.17) is 14.9 Å². The van der Waals surface area contributed by atoms with Gasteiger partial charge in [-0.25, -0.2) is 9.59 Å². The summed E-state index contributed by atoms with van der Waals surface area (Å²) in [4.78, 5) is 21.1. The van der Waals surface area contributed by atoms with Crippen molar-refractivity contribution in [3.8, 4) is 0 Å². The first-order valence-electron chi connectivity index (χ1n) is 6.41. The Morgan fingerprint density at radius 3 is 2.10 bits per heavy atom. The Bertz CT molecular complexity index is 465. The number of hydrogen-bond donors (Lipinski definition) is 2. The highest BCUT2D eigenvalue weighted by molar-refractivity contribution is 5.89. The van der Waals surface area contributed by atoms with Crippen molar-refractivity contribution in [2.75, 3.05) is 13.2 Å². The van der Waals surface area contributed by atoms with Crippen molar-refractivity contribution < 1.29 is 24.5 Å². The van der Waals surface area contributed by atoms with Crippen molar-refractivity contribution in [1.29, 1.82) is 0 Å². The van der Waals surface area contributed by atoms with Gasteiger partial charge in [-0.2, -0.15) is 0 Å². The summed E-state index contributed by atoms with van der Waals surface area (Å²) in [5.74, 6) is -1.29. The molecule has 5 heteroatoms. The van der Waals surface area contributed by atoms with Crippen LogP contribution in [-0.2, 0) is 9.53 Å². The minimum Gasteiger partial charge on any atom is -0.478 e. The Morgan fingerprint density at radius 1 is 1.24 bits per heavy atom. The SMILES string of the molecule is C=C(C)C(=O)O.CC(C)(CO)COC(=O)c1ccccc1. The van der Waals surface area contributed by atoms with E-state index in [0.717, 1.165) is 0 Å². The molecule has 0 aliphatic carbocycles. The van der Waals surface area contributed by atoms with Crippen molar-refractivity contribution in [2.24, 2.45) is 5.41 Å². The highest BCUT2D eigenvalue weighted by Gasteiger charge is 2.19. The Balaban J connectivity index is 0.000000567. The molecular formula is C16H22O5. The summed E-state index contributed by atoms with van der Waals surface area (Å²) >= 11 is 0. The third-order valence-corrected chi connectivity index (χ3v) is 2.40. The van der Waals surface area contributed by atoms with Gasteiger partial charge in [0.05, 0.1) is 18.8 Å². The molecule has 0 heterocycles. The number of esters is 1. The second-order valence-corrected chi connectivity index (χ2v) is 5.35. The maximum absolute atomic E-state index is 11.5. The van der Waals surface area contributed by atoms with Crippen LogP contribution in [0.1, 0.15) is 31.1 Å². The number of aliphatic hydroxyl groups excluding tert-OH is 1. The van der Waals surface area contributed by atoms with Crippen LogP contribution in [0.5, 0.6) is 0 Å². The van der Waals surface area contributed by atoms with E-state index in [0.29, 0.717) is 5.56 Å². The van der Waals surface area contributed by atoms with Gasteiger partial charge >= 0.3 is 11.9 Å². The van der Waals surface area contributed by atoms with Gasteiger partial charge in [0.2, 0.25) is 0 Å². The minimum atomic E-state index is -0.935. The monoisotopic (exact) mass is 294 g/mol.